The molecule has 5 heteroatoms. The van der Waals surface area contributed by atoms with E-state index in [4.69, 9.17) is 4.74 Å². The summed E-state index contributed by atoms with van der Waals surface area (Å²) in [4.78, 5) is 12.9. The topological polar surface area (TPSA) is 50.4 Å². The van der Waals surface area contributed by atoms with Gasteiger partial charge in [0.15, 0.2) is 0 Å². The lowest BCUT2D eigenvalue weighted by Crippen LogP contribution is -2.34. The molecule has 1 saturated heterocycles. The van der Waals surface area contributed by atoms with E-state index in [1.165, 1.54) is 0 Å². The lowest BCUT2D eigenvalue weighted by atomic mass is 10.1. The number of ether oxygens (including phenoxy) is 1. The van der Waals surface area contributed by atoms with Crippen LogP contribution >= 0.6 is 11.8 Å². The predicted molar refractivity (Wildman–Crippen MR) is 78.7 cm³/mol. The van der Waals surface area contributed by atoms with Crippen LogP contribution in [0.1, 0.15) is 12.8 Å². The highest BCUT2D eigenvalue weighted by Gasteiger charge is 2.15. The maximum absolute atomic E-state index is 11.9. The Labute approximate surface area is 118 Å². The zero-order valence-corrected chi connectivity index (χ0v) is 12.0. The molecule has 1 aromatic carbocycles. The number of benzene rings is 1. The minimum absolute atomic E-state index is 0.0833. The summed E-state index contributed by atoms with van der Waals surface area (Å²) in [5.74, 6) is -0.0833. The minimum atomic E-state index is -0.0833. The van der Waals surface area contributed by atoms with Crippen LogP contribution in [0.5, 0.6) is 0 Å². The highest BCUT2D eigenvalue weighted by molar-refractivity contribution is 7.98. The molecule has 1 aliphatic heterocycles. The van der Waals surface area contributed by atoms with Gasteiger partial charge in [-0.1, -0.05) is 12.1 Å². The Morgan fingerprint density at radius 3 is 2.89 bits per heavy atom. The first-order chi connectivity index (χ1) is 9.29. The molecular formula is C14H20N2O2S. The van der Waals surface area contributed by atoms with Crippen molar-refractivity contribution in [2.24, 2.45) is 0 Å². The normalized spacial score (nSPS) is 16.3. The first-order valence-corrected chi connectivity index (χ1v) is 7.77. The molecule has 4 nitrogen and oxygen atoms in total. The number of piperidine rings is 1. The molecule has 1 aromatic rings. The summed E-state index contributed by atoms with van der Waals surface area (Å²) in [6, 6.07) is 7.79. The van der Waals surface area contributed by atoms with Crippen molar-refractivity contribution in [3.63, 3.8) is 0 Å². The zero-order valence-electron chi connectivity index (χ0n) is 11.1. The van der Waals surface area contributed by atoms with Gasteiger partial charge in [0.1, 0.15) is 6.61 Å². The van der Waals surface area contributed by atoms with Crippen molar-refractivity contribution in [1.29, 1.82) is 0 Å². The summed E-state index contributed by atoms with van der Waals surface area (Å²) >= 11 is 1.62. The highest BCUT2D eigenvalue weighted by atomic mass is 32.2. The highest BCUT2D eigenvalue weighted by Crippen LogP contribution is 2.24. The summed E-state index contributed by atoms with van der Waals surface area (Å²) in [7, 11) is 0. The number of anilines is 1. The van der Waals surface area contributed by atoms with Crippen LogP contribution in [0.2, 0.25) is 0 Å². The maximum Gasteiger partial charge on any atom is 0.250 e. The summed E-state index contributed by atoms with van der Waals surface area (Å²) in [6.45, 7) is 2.08. The summed E-state index contributed by atoms with van der Waals surface area (Å²) in [6.07, 6.45) is 4.17. The third-order valence-corrected chi connectivity index (χ3v) is 3.91. The molecule has 104 valence electrons. The molecule has 1 aliphatic rings. The van der Waals surface area contributed by atoms with E-state index in [0.29, 0.717) is 0 Å². The second kappa shape index (κ2) is 7.53. The summed E-state index contributed by atoms with van der Waals surface area (Å²) < 4.78 is 5.63. The lowest BCUT2D eigenvalue weighted by molar-refractivity contribution is -0.123. The first-order valence-electron chi connectivity index (χ1n) is 6.55. The average molecular weight is 280 g/mol. The van der Waals surface area contributed by atoms with Crippen LogP contribution in [0, 0.1) is 0 Å². The summed E-state index contributed by atoms with van der Waals surface area (Å²) in [5, 5.41) is 6.17. The second-order valence-electron chi connectivity index (χ2n) is 4.51. The van der Waals surface area contributed by atoms with Gasteiger partial charge < -0.3 is 15.4 Å². The molecule has 0 radical (unpaired) electrons. The van der Waals surface area contributed by atoms with Gasteiger partial charge >= 0.3 is 0 Å². The van der Waals surface area contributed by atoms with Crippen molar-refractivity contribution in [3.05, 3.63) is 24.3 Å². The number of hydrogen-bond acceptors (Lipinski definition) is 4. The number of thioether (sulfide) groups is 1. The smallest absolute Gasteiger partial charge is 0.250 e. The molecule has 1 amide bonds. The molecule has 0 aromatic heterocycles. The van der Waals surface area contributed by atoms with E-state index < -0.39 is 0 Å². The third kappa shape index (κ3) is 4.53. The zero-order chi connectivity index (χ0) is 13.5. The SMILES string of the molecule is CSc1ccccc1NC(=O)COC1CCNCC1. The van der Waals surface area contributed by atoms with E-state index in [0.717, 1.165) is 36.5 Å². The molecular weight excluding hydrogens is 260 g/mol. The quantitative estimate of drug-likeness (QED) is 0.811. The van der Waals surface area contributed by atoms with E-state index in [1.807, 2.05) is 30.5 Å². The molecule has 0 atom stereocenters. The van der Waals surface area contributed by atoms with Gasteiger partial charge in [-0.25, -0.2) is 0 Å². The summed E-state index contributed by atoms with van der Waals surface area (Å²) in [5.41, 5.74) is 0.855. The Balaban J connectivity index is 1.80. The third-order valence-electron chi connectivity index (χ3n) is 3.12. The number of carbonyl (C=O) groups excluding carboxylic acids is 1. The van der Waals surface area contributed by atoms with Crippen molar-refractivity contribution in [2.75, 3.05) is 31.3 Å². The van der Waals surface area contributed by atoms with Crippen LogP contribution < -0.4 is 10.6 Å². The fraction of sp³-hybridized carbons (Fsp3) is 0.500. The number of rotatable bonds is 5. The molecule has 19 heavy (non-hydrogen) atoms. The van der Waals surface area contributed by atoms with E-state index in [2.05, 4.69) is 10.6 Å². The predicted octanol–water partition coefficient (Wildman–Crippen LogP) is 2.12. The molecule has 2 N–H and O–H groups in total. The maximum atomic E-state index is 11.9. The Morgan fingerprint density at radius 1 is 1.42 bits per heavy atom. The van der Waals surface area contributed by atoms with Crippen molar-refractivity contribution >= 4 is 23.4 Å². The van der Waals surface area contributed by atoms with Gasteiger partial charge in [0.25, 0.3) is 0 Å². The van der Waals surface area contributed by atoms with Gasteiger partial charge in [-0.3, -0.25) is 4.79 Å². The number of carbonyl (C=O) groups is 1. The first kappa shape index (κ1) is 14.4. The van der Waals surface area contributed by atoms with Crippen LogP contribution in [0.4, 0.5) is 5.69 Å². The van der Waals surface area contributed by atoms with Gasteiger partial charge in [0.2, 0.25) is 5.91 Å². The number of nitrogens with one attached hydrogen (secondary N) is 2. The van der Waals surface area contributed by atoms with E-state index in [1.54, 1.807) is 11.8 Å². The fourth-order valence-electron chi connectivity index (χ4n) is 2.09. The van der Waals surface area contributed by atoms with Crippen molar-refractivity contribution in [1.82, 2.24) is 5.32 Å². The van der Waals surface area contributed by atoms with Gasteiger partial charge in [0, 0.05) is 4.90 Å². The molecule has 2 rings (SSSR count). The van der Waals surface area contributed by atoms with E-state index in [9.17, 15) is 4.79 Å². The second-order valence-corrected chi connectivity index (χ2v) is 5.36. The van der Waals surface area contributed by atoms with Crippen LogP contribution in [0.25, 0.3) is 0 Å². The molecule has 1 heterocycles. The fourth-order valence-corrected chi connectivity index (χ4v) is 2.64. The lowest BCUT2D eigenvalue weighted by Gasteiger charge is -2.22. The van der Waals surface area contributed by atoms with Crippen LogP contribution in [-0.4, -0.2) is 38.0 Å². The van der Waals surface area contributed by atoms with Crippen molar-refractivity contribution in [2.45, 2.75) is 23.8 Å². The van der Waals surface area contributed by atoms with E-state index in [-0.39, 0.29) is 18.6 Å². The van der Waals surface area contributed by atoms with Crippen LogP contribution in [-0.2, 0) is 9.53 Å². The number of para-hydroxylation sites is 1. The monoisotopic (exact) mass is 280 g/mol. The van der Waals surface area contributed by atoms with Crippen molar-refractivity contribution < 1.29 is 9.53 Å². The Kier molecular flexibility index (Phi) is 5.69. The average Bonchev–Trinajstić information content (AvgIpc) is 2.47. The van der Waals surface area contributed by atoms with E-state index >= 15 is 0 Å². The molecule has 0 saturated carbocycles. The number of amides is 1. The standard InChI is InChI=1S/C14H20N2O2S/c1-19-13-5-3-2-4-12(13)16-14(17)10-18-11-6-8-15-9-7-11/h2-5,11,15H,6-10H2,1H3,(H,16,17). The molecule has 1 fully saturated rings. The van der Waals surface area contributed by atoms with Gasteiger partial charge in [0.05, 0.1) is 11.8 Å². The Morgan fingerprint density at radius 2 is 2.16 bits per heavy atom. The van der Waals surface area contributed by atoms with Crippen LogP contribution in [0.3, 0.4) is 0 Å². The molecule has 0 aliphatic carbocycles. The van der Waals surface area contributed by atoms with Crippen molar-refractivity contribution in [3.8, 4) is 0 Å². The van der Waals surface area contributed by atoms with Gasteiger partial charge in [-0.15, -0.1) is 11.8 Å². The van der Waals surface area contributed by atoms with Gasteiger partial charge in [-0.2, -0.15) is 0 Å². The largest absolute Gasteiger partial charge is 0.368 e. The van der Waals surface area contributed by atoms with Crippen LogP contribution in [0.15, 0.2) is 29.2 Å². The Bertz CT molecular complexity index is 420. The molecule has 0 unspecified atom stereocenters. The Hall–Kier alpha value is -1.04. The molecule has 0 bridgehead atoms. The minimum Gasteiger partial charge on any atom is -0.368 e. The molecule has 0 spiro atoms. The van der Waals surface area contributed by atoms with Gasteiger partial charge in [-0.05, 0) is 44.3 Å². The number of hydrogen-bond donors (Lipinski definition) is 2.